The molecule has 2 heterocycles. The minimum Gasteiger partial charge on any atom is -0.348 e. The van der Waals surface area contributed by atoms with Crippen LogP contribution in [0, 0.1) is 5.92 Å². The first-order valence-corrected chi connectivity index (χ1v) is 8.33. The van der Waals surface area contributed by atoms with Gasteiger partial charge in [0.2, 0.25) is 5.91 Å². The van der Waals surface area contributed by atoms with Crippen LogP contribution in [0.15, 0.2) is 0 Å². The smallest absolute Gasteiger partial charge is 0.236 e. The standard InChI is InChI=1S/C16H32N4O/c1-13-11-19(4)8-7-15(13)17-14-5-9-20(10-6-14)12-16(21)18(2)3/h13-15,17H,5-12H2,1-4H3. The first kappa shape index (κ1) is 16.7. The number of likely N-dealkylation sites (tertiary alicyclic amines) is 2. The molecule has 1 amide bonds. The number of nitrogens with one attached hydrogen (secondary N) is 1. The summed E-state index contributed by atoms with van der Waals surface area (Å²) < 4.78 is 0. The van der Waals surface area contributed by atoms with Crippen molar-refractivity contribution in [2.24, 2.45) is 5.92 Å². The summed E-state index contributed by atoms with van der Waals surface area (Å²) >= 11 is 0. The molecule has 2 rings (SSSR count). The Hall–Kier alpha value is -0.650. The highest BCUT2D eigenvalue weighted by Crippen LogP contribution is 2.19. The van der Waals surface area contributed by atoms with Crippen molar-refractivity contribution in [3.8, 4) is 0 Å². The highest BCUT2D eigenvalue weighted by molar-refractivity contribution is 5.77. The molecule has 2 saturated heterocycles. The molecule has 0 saturated carbocycles. The number of amides is 1. The van der Waals surface area contributed by atoms with Crippen LogP contribution >= 0.6 is 0 Å². The first-order chi connectivity index (χ1) is 9.95. The zero-order chi connectivity index (χ0) is 15.4. The molecule has 0 aliphatic carbocycles. The van der Waals surface area contributed by atoms with Gasteiger partial charge in [0.05, 0.1) is 6.54 Å². The summed E-state index contributed by atoms with van der Waals surface area (Å²) in [5, 5.41) is 3.88. The topological polar surface area (TPSA) is 38.8 Å². The molecule has 0 spiro atoms. The van der Waals surface area contributed by atoms with Gasteiger partial charge in [-0.2, -0.15) is 0 Å². The summed E-state index contributed by atoms with van der Waals surface area (Å²) in [7, 11) is 5.88. The molecule has 2 aliphatic heterocycles. The molecule has 2 atom stereocenters. The highest BCUT2D eigenvalue weighted by Gasteiger charge is 2.28. The molecule has 5 nitrogen and oxygen atoms in total. The van der Waals surface area contributed by atoms with Crippen molar-refractivity contribution >= 4 is 5.91 Å². The van der Waals surface area contributed by atoms with Crippen molar-refractivity contribution in [2.75, 3.05) is 53.9 Å². The summed E-state index contributed by atoms with van der Waals surface area (Å²) in [6.45, 7) is 7.42. The van der Waals surface area contributed by atoms with E-state index in [1.165, 1.54) is 32.4 Å². The second kappa shape index (κ2) is 7.56. The number of nitrogens with zero attached hydrogens (tertiary/aromatic N) is 3. The van der Waals surface area contributed by atoms with Crippen LogP contribution in [0.3, 0.4) is 0 Å². The highest BCUT2D eigenvalue weighted by atomic mass is 16.2. The molecule has 0 radical (unpaired) electrons. The van der Waals surface area contributed by atoms with E-state index in [-0.39, 0.29) is 5.91 Å². The van der Waals surface area contributed by atoms with E-state index in [0.29, 0.717) is 18.6 Å². The Morgan fingerprint density at radius 2 is 1.86 bits per heavy atom. The van der Waals surface area contributed by atoms with Gasteiger partial charge in [0, 0.05) is 45.8 Å². The Bertz CT molecular complexity index is 339. The lowest BCUT2D eigenvalue weighted by Crippen LogP contribution is -2.53. The predicted octanol–water partition coefficient (Wildman–Crippen LogP) is 0.469. The number of carbonyl (C=O) groups is 1. The van der Waals surface area contributed by atoms with Gasteiger partial charge in [-0.15, -0.1) is 0 Å². The number of likely N-dealkylation sites (N-methyl/N-ethyl adjacent to an activating group) is 1. The Morgan fingerprint density at radius 1 is 1.19 bits per heavy atom. The van der Waals surface area contributed by atoms with Crippen molar-refractivity contribution in [3.05, 3.63) is 0 Å². The van der Waals surface area contributed by atoms with Crippen molar-refractivity contribution in [3.63, 3.8) is 0 Å². The SMILES string of the molecule is CC1CN(C)CCC1NC1CCN(CC(=O)N(C)C)CC1. The van der Waals surface area contributed by atoms with E-state index < -0.39 is 0 Å². The molecule has 122 valence electrons. The van der Waals surface area contributed by atoms with E-state index in [9.17, 15) is 4.79 Å². The van der Waals surface area contributed by atoms with Crippen LogP contribution in [0.2, 0.25) is 0 Å². The predicted molar refractivity (Wildman–Crippen MR) is 86.4 cm³/mol. The Kier molecular flexibility index (Phi) is 6.02. The van der Waals surface area contributed by atoms with Gasteiger partial charge in [-0.05, 0) is 38.8 Å². The quantitative estimate of drug-likeness (QED) is 0.818. The summed E-state index contributed by atoms with van der Waals surface area (Å²) in [6.07, 6.45) is 3.59. The van der Waals surface area contributed by atoms with Crippen molar-refractivity contribution in [1.29, 1.82) is 0 Å². The molecule has 5 heteroatoms. The van der Waals surface area contributed by atoms with Gasteiger partial charge in [0.1, 0.15) is 0 Å². The fraction of sp³-hybridized carbons (Fsp3) is 0.938. The van der Waals surface area contributed by atoms with Gasteiger partial charge < -0.3 is 15.1 Å². The molecular weight excluding hydrogens is 264 g/mol. The maximum Gasteiger partial charge on any atom is 0.236 e. The molecule has 2 aliphatic rings. The Morgan fingerprint density at radius 3 is 2.43 bits per heavy atom. The van der Waals surface area contributed by atoms with Crippen molar-refractivity contribution < 1.29 is 4.79 Å². The van der Waals surface area contributed by atoms with Crippen LogP contribution < -0.4 is 5.32 Å². The third kappa shape index (κ3) is 4.94. The Balaban J connectivity index is 1.70. The van der Waals surface area contributed by atoms with Gasteiger partial charge in [-0.1, -0.05) is 6.92 Å². The minimum absolute atomic E-state index is 0.213. The summed E-state index contributed by atoms with van der Waals surface area (Å²) in [5.74, 6) is 0.947. The zero-order valence-electron chi connectivity index (χ0n) is 14.1. The fourth-order valence-electron chi connectivity index (χ4n) is 3.49. The molecule has 2 fully saturated rings. The van der Waals surface area contributed by atoms with Crippen LogP contribution in [-0.2, 0) is 4.79 Å². The van der Waals surface area contributed by atoms with Crippen LogP contribution in [0.1, 0.15) is 26.2 Å². The van der Waals surface area contributed by atoms with E-state index in [1.54, 1.807) is 4.90 Å². The lowest BCUT2D eigenvalue weighted by atomic mass is 9.92. The molecule has 0 aromatic heterocycles. The average molecular weight is 296 g/mol. The monoisotopic (exact) mass is 296 g/mol. The minimum atomic E-state index is 0.213. The van der Waals surface area contributed by atoms with Crippen molar-refractivity contribution in [1.82, 2.24) is 20.0 Å². The van der Waals surface area contributed by atoms with Crippen LogP contribution in [0.4, 0.5) is 0 Å². The summed E-state index contributed by atoms with van der Waals surface area (Å²) in [6, 6.07) is 1.30. The molecular formula is C16H32N4O. The van der Waals surface area contributed by atoms with Gasteiger partial charge >= 0.3 is 0 Å². The lowest BCUT2D eigenvalue weighted by molar-refractivity contribution is -0.130. The largest absolute Gasteiger partial charge is 0.348 e. The summed E-state index contributed by atoms with van der Waals surface area (Å²) in [4.78, 5) is 18.2. The number of piperidine rings is 2. The maximum absolute atomic E-state index is 11.7. The van der Waals surface area contributed by atoms with Crippen molar-refractivity contribution in [2.45, 2.75) is 38.3 Å². The van der Waals surface area contributed by atoms with E-state index in [2.05, 4.69) is 29.1 Å². The van der Waals surface area contributed by atoms with E-state index in [0.717, 1.165) is 19.0 Å². The van der Waals surface area contributed by atoms with E-state index in [4.69, 9.17) is 0 Å². The third-order valence-electron chi connectivity index (χ3n) is 5.00. The Labute approximate surface area is 129 Å². The lowest BCUT2D eigenvalue weighted by Gasteiger charge is -2.40. The number of hydrogen-bond acceptors (Lipinski definition) is 4. The van der Waals surface area contributed by atoms with Gasteiger partial charge in [-0.3, -0.25) is 9.69 Å². The average Bonchev–Trinajstić information content (AvgIpc) is 2.43. The fourth-order valence-corrected chi connectivity index (χ4v) is 3.49. The normalized spacial score (nSPS) is 29.5. The molecule has 1 N–H and O–H groups in total. The molecule has 2 unspecified atom stereocenters. The van der Waals surface area contributed by atoms with Crippen LogP contribution in [0.25, 0.3) is 0 Å². The second-order valence-corrected chi connectivity index (χ2v) is 7.14. The molecule has 0 aromatic carbocycles. The van der Waals surface area contributed by atoms with E-state index in [1.807, 2.05) is 14.1 Å². The van der Waals surface area contributed by atoms with Crippen LogP contribution in [-0.4, -0.2) is 86.6 Å². The number of rotatable bonds is 4. The number of carbonyl (C=O) groups excluding carboxylic acids is 1. The third-order valence-corrected chi connectivity index (χ3v) is 5.00. The zero-order valence-corrected chi connectivity index (χ0v) is 14.1. The summed E-state index contributed by atoms with van der Waals surface area (Å²) in [5.41, 5.74) is 0. The van der Waals surface area contributed by atoms with Crippen LogP contribution in [0.5, 0.6) is 0 Å². The molecule has 21 heavy (non-hydrogen) atoms. The molecule has 0 aromatic rings. The molecule has 0 bridgehead atoms. The van der Waals surface area contributed by atoms with Gasteiger partial charge in [-0.25, -0.2) is 0 Å². The number of hydrogen-bond donors (Lipinski definition) is 1. The van der Waals surface area contributed by atoms with Gasteiger partial charge in [0.25, 0.3) is 0 Å². The van der Waals surface area contributed by atoms with E-state index >= 15 is 0 Å². The maximum atomic E-state index is 11.7. The first-order valence-electron chi connectivity index (χ1n) is 8.33. The van der Waals surface area contributed by atoms with Gasteiger partial charge in [0.15, 0.2) is 0 Å². The second-order valence-electron chi connectivity index (χ2n) is 7.14.